The Hall–Kier alpha value is -3.35. The van der Waals surface area contributed by atoms with Crippen molar-refractivity contribution in [2.24, 2.45) is 0 Å². The lowest BCUT2D eigenvalue weighted by molar-refractivity contribution is -0.123. The van der Waals surface area contributed by atoms with Gasteiger partial charge in [-0.05, 0) is 24.3 Å². The quantitative estimate of drug-likeness (QED) is 0.682. The zero-order valence-corrected chi connectivity index (χ0v) is 14.6. The number of nitrogens with zero attached hydrogens (tertiary/aromatic N) is 2. The van der Waals surface area contributed by atoms with E-state index in [1.807, 2.05) is 31.1 Å². The van der Waals surface area contributed by atoms with Crippen LogP contribution in [0.1, 0.15) is 5.56 Å². The molecule has 2 aromatic heterocycles. The van der Waals surface area contributed by atoms with Crippen molar-refractivity contribution in [3.8, 4) is 5.75 Å². The minimum atomic E-state index is -0.430. The number of ether oxygens (including phenoxy) is 1. The minimum absolute atomic E-state index is 0.139. The molecule has 0 aliphatic heterocycles. The molecule has 0 radical (unpaired) electrons. The van der Waals surface area contributed by atoms with Crippen LogP contribution in [-0.4, -0.2) is 31.6 Å². The Bertz CT molecular complexity index is 982. The van der Waals surface area contributed by atoms with Crippen LogP contribution in [0.4, 0.5) is 5.82 Å². The fourth-order valence-corrected chi connectivity index (χ4v) is 2.50. The van der Waals surface area contributed by atoms with Gasteiger partial charge in [-0.15, -0.1) is 0 Å². The number of nitrogens with one attached hydrogen (secondary N) is 1. The topological polar surface area (TPSA) is 84.7 Å². The molecule has 0 saturated heterocycles. The second-order valence-electron chi connectivity index (χ2n) is 5.90. The van der Waals surface area contributed by atoms with Crippen LogP contribution in [0.25, 0.3) is 11.0 Å². The molecule has 1 amide bonds. The lowest BCUT2D eigenvalue weighted by atomic mass is 10.2. The predicted molar refractivity (Wildman–Crippen MR) is 98.4 cm³/mol. The fraction of sp³-hybridized carbons (Fsp3) is 0.211. The molecule has 26 heavy (non-hydrogen) atoms. The average Bonchev–Trinajstić information content (AvgIpc) is 2.64. The molecule has 2 heterocycles. The highest BCUT2D eigenvalue weighted by Gasteiger charge is 2.08. The first-order valence-electron chi connectivity index (χ1n) is 8.07. The predicted octanol–water partition coefficient (Wildman–Crippen LogP) is 1.95. The maximum Gasteiger partial charge on any atom is 0.336 e. The smallest absolute Gasteiger partial charge is 0.336 e. The van der Waals surface area contributed by atoms with E-state index in [9.17, 15) is 9.59 Å². The van der Waals surface area contributed by atoms with Gasteiger partial charge < -0.3 is 19.4 Å². The van der Waals surface area contributed by atoms with Crippen molar-refractivity contribution in [3.05, 3.63) is 64.6 Å². The molecule has 0 fully saturated rings. The average molecular weight is 353 g/mol. The van der Waals surface area contributed by atoms with Crippen LogP contribution in [0.15, 0.2) is 57.9 Å². The Labute approximate surface area is 150 Å². The molecule has 1 N–H and O–H groups in total. The molecule has 0 atom stereocenters. The summed E-state index contributed by atoms with van der Waals surface area (Å²) in [5.74, 6) is 1.00. The van der Waals surface area contributed by atoms with Crippen molar-refractivity contribution >= 4 is 22.7 Å². The lowest BCUT2D eigenvalue weighted by Crippen LogP contribution is -2.29. The maximum absolute atomic E-state index is 12.0. The van der Waals surface area contributed by atoms with E-state index in [1.165, 1.54) is 6.07 Å². The third-order valence-electron chi connectivity index (χ3n) is 3.73. The molecule has 1 aromatic carbocycles. The molecular formula is C19H19N3O4. The number of hydrogen-bond acceptors (Lipinski definition) is 6. The number of pyridine rings is 1. The van der Waals surface area contributed by atoms with E-state index in [2.05, 4.69) is 10.3 Å². The Morgan fingerprint density at radius 3 is 2.85 bits per heavy atom. The van der Waals surface area contributed by atoms with Crippen LogP contribution in [0.5, 0.6) is 5.75 Å². The molecule has 134 valence electrons. The summed E-state index contributed by atoms with van der Waals surface area (Å²) >= 11 is 0. The molecule has 7 nitrogen and oxygen atoms in total. The van der Waals surface area contributed by atoms with Crippen LogP contribution < -0.4 is 20.6 Å². The molecule has 3 aromatic rings. The highest BCUT2D eigenvalue weighted by molar-refractivity contribution is 5.79. The van der Waals surface area contributed by atoms with Crippen molar-refractivity contribution in [2.45, 2.75) is 6.54 Å². The van der Waals surface area contributed by atoms with Gasteiger partial charge in [0.05, 0.1) is 0 Å². The summed E-state index contributed by atoms with van der Waals surface area (Å²) in [6, 6.07) is 11.9. The first-order valence-corrected chi connectivity index (χ1v) is 8.07. The summed E-state index contributed by atoms with van der Waals surface area (Å²) in [7, 11) is 3.80. The highest BCUT2D eigenvalue weighted by atomic mass is 16.5. The van der Waals surface area contributed by atoms with Gasteiger partial charge in [0.2, 0.25) is 0 Å². The van der Waals surface area contributed by atoms with Gasteiger partial charge in [0.15, 0.2) is 6.61 Å². The molecule has 0 aliphatic carbocycles. The third-order valence-corrected chi connectivity index (χ3v) is 3.73. The third kappa shape index (κ3) is 4.18. The molecular weight excluding hydrogens is 334 g/mol. The van der Waals surface area contributed by atoms with E-state index in [4.69, 9.17) is 9.15 Å². The van der Waals surface area contributed by atoms with Gasteiger partial charge in [0.25, 0.3) is 5.91 Å². The van der Waals surface area contributed by atoms with Crippen molar-refractivity contribution in [3.63, 3.8) is 0 Å². The zero-order chi connectivity index (χ0) is 18.5. The SMILES string of the molecule is CN(C)c1ncccc1CNC(=O)COc1ccc2ccc(=O)oc2c1. The molecule has 7 heteroatoms. The first kappa shape index (κ1) is 17.5. The van der Waals surface area contributed by atoms with Crippen molar-refractivity contribution in [2.75, 3.05) is 25.6 Å². The van der Waals surface area contributed by atoms with Crippen LogP contribution in [-0.2, 0) is 11.3 Å². The normalized spacial score (nSPS) is 10.5. The molecule has 0 saturated carbocycles. The maximum atomic E-state index is 12.0. The van der Waals surface area contributed by atoms with Gasteiger partial charge in [-0.2, -0.15) is 0 Å². The Balaban J connectivity index is 1.58. The van der Waals surface area contributed by atoms with E-state index in [0.717, 1.165) is 16.8 Å². The van der Waals surface area contributed by atoms with Gasteiger partial charge in [-0.3, -0.25) is 4.79 Å². The summed E-state index contributed by atoms with van der Waals surface area (Å²) in [4.78, 5) is 29.5. The standard InChI is InChI=1S/C19H19N3O4/c1-22(2)19-14(4-3-9-20-19)11-21-17(23)12-25-15-7-5-13-6-8-18(24)26-16(13)10-15/h3-10H,11-12H2,1-2H3,(H,21,23). The summed E-state index contributed by atoms with van der Waals surface area (Å²) in [5.41, 5.74) is 0.903. The van der Waals surface area contributed by atoms with Crippen LogP contribution >= 0.6 is 0 Å². The van der Waals surface area contributed by atoms with Gasteiger partial charge in [0.1, 0.15) is 17.2 Å². The number of fused-ring (bicyclic) bond motifs is 1. The van der Waals surface area contributed by atoms with E-state index in [-0.39, 0.29) is 12.5 Å². The lowest BCUT2D eigenvalue weighted by Gasteiger charge is -2.16. The van der Waals surface area contributed by atoms with E-state index in [1.54, 1.807) is 30.5 Å². The van der Waals surface area contributed by atoms with E-state index >= 15 is 0 Å². The minimum Gasteiger partial charge on any atom is -0.484 e. The van der Waals surface area contributed by atoms with Crippen LogP contribution in [0.2, 0.25) is 0 Å². The summed E-state index contributed by atoms with van der Waals surface area (Å²) in [6.45, 7) is 0.219. The molecule has 0 spiro atoms. The second-order valence-corrected chi connectivity index (χ2v) is 5.90. The number of amides is 1. The number of carbonyl (C=O) groups excluding carboxylic acids is 1. The van der Waals surface area contributed by atoms with E-state index in [0.29, 0.717) is 17.9 Å². The van der Waals surface area contributed by atoms with Crippen molar-refractivity contribution in [1.82, 2.24) is 10.3 Å². The largest absolute Gasteiger partial charge is 0.484 e. The molecule has 0 unspecified atom stereocenters. The van der Waals surface area contributed by atoms with E-state index < -0.39 is 5.63 Å². The molecule has 0 bridgehead atoms. The summed E-state index contributed by atoms with van der Waals surface area (Å²) in [5, 5.41) is 3.59. The van der Waals surface area contributed by atoms with Gasteiger partial charge in [-0.1, -0.05) is 6.07 Å². The number of aromatic nitrogens is 1. The number of benzene rings is 1. The van der Waals surface area contributed by atoms with Gasteiger partial charge >= 0.3 is 5.63 Å². The Kier molecular flexibility index (Phi) is 5.17. The second kappa shape index (κ2) is 7.69. The van der Waals surface area contributed by atoms with Crippen LogP contribution in [0, 0.1) is 0 Å². The molecule has 0 aliphatic rings. The van der Waals surface area contributed by atoms with Crippen molar-refractivity contribution in [1.29, 1.82) is 0 Å². The molecule has 3 rings (SSSR count). The van der Waals surface area contributed by atoms with Gasteiger partial charge in [-0.25, -0.2) is 9.78 Å². The number of rotatable bonds is 6. The Morgan fingerprint density at radius 2 is 2.04 bits per heavy atom. The van der Waals surface area contributed by atoms with Crippen molar-refractivity contribution < 1.29 is 13.9 Å². The number of hydrogen-bond donors (Lipinski definition) is 1. The Morgan fingerprint density at radius 1 is 1.23 bits per heavy atom. The fourth-order valence-electron chi connectivity index (χ4n) is 2.50. The number of carbonyl (C=O) groups is 1. The first-order chi connectivity index (χ1) is 12.5. The monoisotopic (exact) mass is 353 g/mol. The number of anilines is 1. The van der Waals surface area contributed by atoms with Gasteiger partial charge in [0, 0.05) is 49.9 Å². The highest BCUT2D eigenvalue weighted by Crippen LogP contribution is 2.19. The summed E-state index contributed by atoms with van der Waals surface area (Å²) in [6.07, 6.45) is 1.71. The van der Waals surface area contributed by atoms with Crippen LogP contribution in [0.3, 0.4) is 0 Å². The summed E-state index contributed by atoms with van der Waals surface area (Å²) < 4.78 is 10.6. The zero-order valence-electron chi connectivity index (χ0n) is 14.6.